The van der Waals surface area contributed by atoms with Gasteiger partial charge in [0.15, 0.2) is 0 Å². The molecule has 0 aromatic heterocycles. The molecule has 1 N–H and O–H groups in total. The van der Waals surface area contributed by atoms with Crippen molar-refractivity contribution in [1.82, 2.24) is 10.2 Å². The van der Waals surface area contributed by atoms with Crippen LogP contribution in [0.1, 0.15) is 24.5 Å². The number of halogens is 1. The first-order chi connectivity index (χ1) is 15.5. The van der Waals surface area contributed by atoms with Crippen molar-refractivity contribution >= 4 is 39.1 Å². The van der Waals surface area contributed by atoms with Gasteiger partial charge in [-0.05, 0) is 48.7 Å². The molecule has 180 valence electrons. The zero-order chi connectivity index (χ0) is 24.8. The summed E-state index contributed by atoms with van der Waals surface area (Å²) >= 11 is 6.19. The van der Waals surface area contributed by atoms with Gasteiger partial charge in [0.1, 0.15) is 18.3 Å². The summed E-state index contributed by atoms with van der Waals surface area (Å²) in [5.74, 6) is -0.176. The molecular formula is C23H30ClN3O5S. The number of rotatable bonds is 10. The molecule has 1 atom stereocenters. The zero-order valence-corrected chi connectivity index (χ0v) is 21.0. The lowest BCUT2D eigenvalue weighted by atomic mass is 10.1. The molecule has 0 radical (unpaired) electrons. The number of sulfonamides is 1. The van der Waals surface area contributed by atoms with Crippen molar-refractivity contribution in [2.75, 3.05) is 31.3 Å². The molecule has 2 rings (SSSR count). The fraction of sp³-hybridized carbons (Fsp3) is 0.391. The second-order valence-corrected chi connectivity index (χ2v) is 9.88. The van der Waals surface area contributed by atoms with Crippen LogP contribution in [0.2, 0.25) is 5.02 Å². The van der Waals surface area contributed by atoms with Crippen LogP contribution in [0.15, 0.2) is 42.5 Å². The second kappa shape index (κ2) is 11.4. The molecule has 0 unspecified atom stereocenters. The van der Waals surface area contributed by atoms with Crippen molar-refractivity contribution < 1.29 is 22.7 Å². The Hall–Kier alpha value is -2.78. The standard InChI is InChI=1S/C23H30ClN3O5S/c1-6-20(23(29)25-3)26(14-17-10-12-18(32-4)13-11-17)22(28)15-27(33(5,30)31)21-9-7-8-19(24)16(21)2/h7-13,20H,6,14-15H2,1-5H3,(H,25,29)/t20-/m0/s1. The maximum Gasteiger partial charge on any atom is 0.244 e. The van der Waals surface area contributed by atoms with E-state index >= 15 is 0 Å². The Morgan fingerprint density at radius 1 is 1.15 bits per heavy atom. The number of likely N-dealkylation sites (N-methyl/N-ethyl adjacent to an activating group) is 1. The van der Waals surface area contributed by atoms with Crippen molar-refractivity contribution in [3.63, 3.8) is 0 Å². The van der Waals surface area contributed by atoms with Gasteiger partial charge < -0.3 is 15.0 Å². The molecule has 0 spiro atoms. The fourth-order valence-corrected chi connectivity index (χ4v) is 4.54. The third kappa shape index (κ3) is 6.61. The molecule has 0 aliphatic carbocycles. The molecule has 2 aromatic rings. The Balaban J connectivity index is 2.46. The molecule has 0 aliphatic rings. The maximum absolute atomic E-state index is 13.5. The summed E-state index contributed by atoms with van der Waals surface area (Å²) in [6.45, 7) is 3.14. The van der Waals surface area contributed by atoms with E-state index in [1.54, 1.807) is 63.4 Å². The number of ether oxygens (including phenoxy) is 1. The van der Waals surface area contributed by atoms with Gasteiger partial charge in [0.2, 0.25) is 21.8 Å². The summed E-state index contributed by atoms with van der Waals surface area (Å²) < 4.78 is 31.5. The Kier molecular flexibility index (Phi) is 9.13. The SMILES string of the molecule is CC[C@@H](C(=O)NC)N(Cc1ccc(OC)cc1)C(=O)CN(c1cccc(Cl)c1C)S(C)(=O)=O. The van der Waals surface area contributed by atoms with Crippen LogP contribution in [-0.4, -0.2) is 58.1 Å². The monoisotopic (exact) mass is 495 g/mol. The number of anilines is 1. The van der Waals surface area contributed by atoms with Crippen LogP contribution in [0, 0.1) is 6.92 Å². The van der Waals surface area contributed by atoms with Gasteiger partial charge in [-0.15, -0.1) is 0 Å². The predicted octanol–water partition coefficient (Wildman–Crippen LogP) is 2.98. The van der Waals surface area contributed by atoms with Gasteiger partial charge in [0, 0.05) is 18.6 Å². The highest BCUT2D eigenvalue weighted by Crippen LogP contribution is 2.28. The quantitative estimate of drug-likeness (QED) is 0.546. The number of nitrogens with zero attached hydrogens (tertiary/aromatic N) is 2. The summed E-state index contributed by atoms with van der Waals surface area (Å²) in [5, 5.41) is 2.97. The van der Waals surface area contributed by atoms with Crippen molar-refractivity contribution in [2.45, 2.75) is 32.9 Å². The fourth-order valence-electron chi connectivity index (χ4n) is 3.47. The maximum atomic E-state index is 13.5. The minimum Gasteiger partial charge on any atom is -0.497 e. The predicted molar refractivity (Wildman–Crippen MR) is 130 cm³/mol. The van der Waals surface area contributed by atoms with Crippen molar-refractivity contribution in [3.05, 3.63) is 58.6 Å². The third-order valence-corrected chi connectivity index (χ3v) is 6.87. The third-order valence-electron chi connectivity index (χ3n) is 5.33. The molecule has 0 saturated heterocycles. The molecule has 2 aromatic carbocycles. The minimum atomic E-state index is -3.82. The number of nitrogens with one attached hydrogen (secondary N) is 1. The zero-order valence-electron chi connectivity index (χ0n) is 19.5. The Morgan fingerprint density at radius 2 is 1.79 bits per heavy atom. The highest BCUT2D eigenvalue weighted by molar-refractivity contribution is 7.92. The first-order valence-electron chi connectivity index (χ1n) is 10.4. The highest BCUT2D eigenvalue weighted by Gasteiger charge is 2.31. The van der Waals surface area contributed by atoms with Crippen LogP contribution >= 0.6 is 11.6 Å². The van der Waals surface area contributed by atoms with E-state index in [-0.39, 0.29) is 12.5 Å². The average molecular weight is 496 g/mol. The number of hydrogen-bond acceptors (Lipinski definition) is 5. The van der Waals surface area contributed by atoms with Gasteiger partial charge in [-0.25, -0.2) is 8.42 Å². The van der Waals surface area contributed by atoms with Crippen LogP contribution in [0.25, 0.3) is 0 Å². The number of hydrogen-bond donors (Lipinski definition) is 1. The lowest BCUT2D eigenvalue weighted by Gasteiger charge is -2.33. The number of methoxy groups -OCH3 is 1. The summed E-state index contributed by atoms with van der Waals surface area (Å²) in [6.07, 6.45) is 1.39. The number of benzene rings is 2. The van der Waals surface area contributed by atoms with E-state index in [1.807, 2.05) is 0 Å². The van der Waals surface area contributed by atoms with Gasteiger partial charge in [-0.2, -0.15) is 0 Å². The number of amides is 2. The van der Waals surface area contributed by atoms with E-state index < -0.39 is 28.5 Å². The smallest absolute Gasteiger partial charge is 0.244 e. The summed E-state index contributed by atoms with van der Waals surface area (Å²) in [5.41, 5.74) is 1.63. The van der Waals surface area contributed by atoms with Gasteiger partial charge in [0.05, 0.1) is 19.1 Å². The van der Waals surface area contributed by atoms with E-state index in [2.05, 4.69) is 5.32 Å². The molecule has 0 heterocycles. The molecular weight excluding hydrogens is 466 g/mol. The van der Waals surface area contributed by atoms with E-state index in [1.165, 1.54) is 11.9 Å². The van der Waals surface area contributed by atoms with Crippen LogP contribution in [0.3, 0.4) is 0 Å². The lowest BCUT2D eigenvalue weighted by Crippen LogP contribution is -2.51. The van der Waals surface area contributed by atoms with Crippen LogP contribution in [0.5, 0.6) is 5.75 Å². The number of carbonyl (C=O) groups is 2. The van der Waals surface area contributed by atoms with Crippen molar-refractivity contribution in [1.29, 1.82) is 0 Å². The second-order valence-electron chi connectivity index (χ2n) is 7.56. The first-order valence-corrected chi connectivity index (χ1v) is 12.6. The van der Waals surface area contributed by atoms with Gasteiger partial charge in [-0.1, -0.05) is 36.7 Å². The van der Waals surface area contributed by atoms with Crippen molar-refractivity contribution in [2.24, 2.45) is 0 Å². The molecule has 0 aliphatic heterocycles. The molecule has 0 saturated carbocycles. The Labute approximate surface area is 200 Å². The molecule has 0 bridgehead atoms. The highest BCUT2D eigenvalue weighted by atomic mass is 35.5. The molecule has 8 nitrogen and oxygen atoms in total. The summed E-state index contributed by atoms with van der Waals surface area (Å²) in [7, 11) is -0.760. The Morgan fingerprint density at radius 3 is 2.30 bits per heavy atom. The first kappa shape index (κ1) is 26.5. The van der Waals surface area contributed by atoms with Crippen LogP contribution < -0.4 is 14.4 Å². The minimum absolute atomic E-state index is 0.126. The average Bonchev–Trinajstić information content (AvgIpc) is 2.78. The van der Waals surface area contributed by atoms with E-state index in [4.69, 9.17) is 16.3 Å². The summed E-state index contributed by atoms with van der Waals surface area (Å²) in [6, 6.07) is 11.2. The van der Waals surface area contributed by atoms with Crippen LogP contribution in [0.4, 0.5) is 5.69 Å². The van der Waals surface area contributed by atoms with E-state index in [9.17, 15) is 18.0 Å². The molecule has 33 heavy (non-hydrogen) atoms. The Bertz CT molecular complexity index is 1090. The largest absolute Gasteiger partial charge is 0.497 e. The van der Waals surface area contributed by atoms with Gasteiger partial charge >= 0.3 is 0 Å². The number of carbonyl (C=O) groups excluding carboxylic acids is 2. The van der Waals surface area contributed by atoms with Gasteiger partial charge in [-0.3, -0.25) is 13.9 Å². The van der Waals surface area contributed by atoms with Gasteiger partial charge in [0.25, 0.3) is 0 Å². The normalized spacial score (nSPS) is 12.1. The lowest BCUT2D eigenvalue weighted by molar-refractivity contribution is -0.140. The topological polar surface area (TPSA) is 96.0 Å². The summed E-state index contributed by atoms with van der Waals surface area (Å²) in [4.78, 5) is 27.5. The van der Waals surface area contributed by atoms with Crippen molar-refractivity contribution in [3.8, 4) is 5.75 Å². The molecule has 0 fully saturated rings. The molecule has 2 amide bonds. The molecule has 10 heteroatoms. The van der Waals surface area contributed by atoms with E-state index in [0.29, 0.717) is 28.4 Å². The van der Waals surface area contributed by atoms with E-state index in [0.717, 1.165) is 16.1 Å². The van der Waals surface area contributed by atoms with Crippen LogP contribution in [-0.2, 0) is 26.2 Å².